The summed E-state index contributed by atoms with van der Waals surface area (Å²) in [6.07, 6.45) is 10.3. The fraction of sp³-hybridized carbons (Fsp3) is 0.700. The zero-order chi connectivity index (χ0) is 9.10. The molecule has 1 aromatic heterocycles. The third-order valence-electron chi connectivity index (χ3n) is 2.77. The van der Waals surface area contributed by atoms with E-state index < -0.39 is 0 Å². The quantitative estimate of drug-likeness (QED) is 0.572. The molecule has 1 fully saturated rings. The molecular weight excluding hydrogens is 275 g/mol. The number of halogens is 1. The average Bonchev–Trinajstić information content (AvgIpc) is 2.43. The molecule has 1 aliphatic carbocycles. The van der Waals surface area contributed by atoms with Gasteiger partial charge < -0.3 is 0 Å². The summed E-state index contributed by atoms with van der Waals surface area (Å²) in [4.78, 5) is 0. The molecule has 1 aromatic rings. The molecule has 0 radical (unpaired) electrons. The Labute approximate surface area is 92.8 Å². The lowest BCUT2D eigenvalue weighted by molar-refractivity contribution is 0.404. The Morgan fingerprint density at radius 2 is 1.92 bits per heavy atom. The number of aromatic nitrogens is 2. The van der Waals surface area contributed by atoms with E-state index in [-0.39, 0.29) is 0 Å². The molecule has 1 aliphatic rings. The first-order valence-corrected chi connectivity index (χ1v) is 6.15. The molecule has 0 saturated heterocycles. The molecule has 1 saturated carbocycles. The lowest BCUT2D eigenvalue weighted by atomic mass is 10.1. The zero-order valence-corrected chi connectivity index (χ0v) is 9.90. The highest BCUT2D eigenvalue weighted by Gasteiger charge is 2.14. The van der Waals surface area contributed by atoms with E-state index in [4.69, 9.17) is 0 Å². The first kappa shape index (κ1) is 9.49. The standard InChI is InChI=1S/C10H15IN2/c11-10-7-8-13(12-10)9-5-3-1-2-4-6-9/h7-9H,1-6H2. The number of hydrogen-bond acceptors (Lipinski definition) is 1. The Morgan fingerprint density at radius 1 is 1.23 bits per heavy atom. The fourth-order valence-electron chi connectivity index (χ4n) is 2.04. The fourth-order valence-corrected chi connectivity index (χ4v) is 2.45. The van der Waals surface area contributed by atoms with Gasteiger partial charge in [0.2, 0.25) is 0 Å². The molecule has 0 aliphatic heterocycles. The van der Waals surface area contributed by atoms with E-state index in [0.717, 1.165) is 3.70 Å². The second-order valence-electron chi connectivity index (χ2n) is 3.76. The summed E-state index contributed by atoms with van der Waals surface area (Å²) in [5.41, 5.74) is 0. The summed E-state index contributed by atoms with van der Waals surface area (Å²) in [6.45, 7) is 0. The number of hydrogen-bond donors (Lipinski definition) is 0. The average molecular weight is 290 g/mol. The largest absolute Gasteiger partial charge is 0.269 e. The van der Waals surface area contributed by atoms with E-state index >= 15 is 0 Å². The Kier molecular flexibility index (Phi) is 3.24. The van der Waals surface area contributed by atoms with Crippen molar-refractivity contribution in [1.82, 2.24) is 9.78 Å². The topological polar surface area (TPSA) is 17.8 Å². The van der Waals surface area contributed by atoms with Gasteiger partial charge in [0, 0.05) is 6.20 Å². The van der Waals surface area contributed by atoms with Gasteiger partial charge in [-0.3, -0.25) is 4.68 Å². The van der Waals surface area contributed by atoms with Gasteiger partial charge in [0.05, 0.1) is 6.04 Å². The van der Waals surface area contributed by atoms with Crippen LogP contribution in [-0.4, -0.2) is 9.78 Å². The molecule has 0 N–H and O–H groups in total. The molecule has 0 unspecified atom stereocenters. The normalized spacial score (nSPS) is 20.1. The minimum Gasteiger partial charge on any atom is -0.269 e. The highest BCUT2D eigenvalue weighted by Crippen LogP contribution is 2.26. The van der Waals surface area contributed by atoms with Gasteiger partial charge in [-0.15, -0.1) is 0 Å². The Bertz CT molecular complexity index is 262. The molecule has 0 atom stereocenters. The van der Waals surface area contributed by atoms with Crippen molar-refractivity contribution in [2.75, 3.05) is 0 Å². The molecule has 1 heterocycles. The summed E-state index contributed by atoms with van der Waals surface area (Å²) in [6, 6.07) is 2.76. The third-order valence-corrected chi connectivity index (χ3v) is 3.35. The van der Waals surface area contributed by atoms with Crippen molar-refractivity contribution >= 4 is 22.6 Å². The van der Waals surface area contributed by atoms with Gasteiger partial charge in [-0.2, -0.15) is 5.10 Å². The van der Waals surface area contributed by atoms with E-state index in [9.17, 15) is 0 Å². The van der Waals surface area contributed by atoms with Crippen molar-refractivity contribution in [3.8, 4) is 0 Å². The van der Waals surface area contributed by atoms with Crippen LogP contribution in [0.4, 0.5) is 0 Å². The van der Waals surface area contributed by atoms with Crippen LogP contribution in [-0.2, 0) is 0 Å². The zero-order valence-electron chi connectivity index (χ0n) is 7.75. The monoisotopic (exact) mass is 290 g/mol. The van der Waals surface area contributed by atoms with Crippen LogP contribution >= 0.6 is 22.6 Å². The lowest BCUT2D eigenvalue weighted by Gasteiger charge is -2.13. The van der Waals surface area contributed by atoms with Gasteiger partial charge in [-0.25, -0.2) is 0 Å². The van der Waals surface area contributed by atoms with Crippen molar-refractivity contribution in [3.63, 3.8) is 0 Å². The van der Waals surface area contributed by atoms with Gasteiger partial charge >= 0.3 is 0 Å². The van der Waals surface area contributed by atoms with Crippen molar-refractivity contribution in [1.29, 1.82) is 0 Å². The smallest absolute Gasteiger partial charge is 0.123 e. The van der Waals surface area contributed by atoms with Gasteiger partial charge in [0.15, 0.2) is 0 Å². The maximum absolute atomic E-state index is 4.48. The van der Waals surface area contributed by atoms with Crippen molar-refractivity contribution in [2.45, 2.75) is 44.6 Å². The highest BCUT2D eigenvalue weighted by atomic mass is 127. The van der Waals surface area contributed by atoms with E-state index in [1.54, 1.807) is 0 Å². The van der Waals surface area contributed by atoms with Crippen LogP contribution in [0.1, 0.15) is 44.6 Å². The Balaban J connectivity index is 2.06. The summed E-state index contributed by atoms with van der Waals surface area (Å²) in [5, 5.41) is 4.48. The van der Waals surface area contributed by atoms with Crippen LogP contribution in [0.25, 0.3) is 0 Å². The molecular formula is C10H15IN2. The van der Waals surface area contributed by atoms with Crippen LogP contribution < -0.4 is 0 Å². The van der Waals surface area contributed by atoms with Crippen LogP contribution in [0.2, 0.25) is 0 Å². The number of nitrogens with zero attached hydrogens (tertiary/aromatic N) is 2. The van der Waals surface area contributed by atoms with Crippen LogP contribution in [0, 0.1) is 3.70 Å². The molecule has 13 heavy (non-hydrogen) atoms. The summed E-state index contributed by atoms with van der Waals surface area (Å²) >= 11 is 2.27. The van der Waals surface area contributed by atoms with Crippen LogP contribution in [0.15, 0.2) is 12.3 Å². The van der Waals surface area contributed by atoms with Gasteiger partial charge in [-0.1, -0.05) is 25.7 Å². The molecule has 72 valence electrons. The SMILES string of the molecule is Ic1ccn(C2CCCCCC2)n1. The molecule has 2 nitrogen and oxygen atoms in total. The molecule has 0 spiro atoms. The van der Waals surface area contributed by atoms with E-state index in [0.29, 0.717) is 6.04 Å². The lowest BCUT2D eigenvalue weighted by Crippen LogP contribution is -2.08. The van der Waals surface area contributed by atoms with Crippen molar-refractivity contribution in [3.05, 3.63) is 16.0 Å². The highest BCUT2D eigenvalue weighted by molar-refractivity contribution is 14.1. The van der Waals surface area contributed by atoms with Gasteiger partial charge in [0.1, 0.15) is 3.70 Å². The van der Waals surface area contributed by atoms with Crippen molar-refractivity contribution < 1.29 is 0 Å². The minimum atomic E-state index is 0.672. The van der Waals surface area contributed by atoms with E-state index in [2.05, 4.69) is 44.6 Å². The first-order valence-electron chi connectivity index (χ1n) is 5.07. The van der Waals surface area contributed by atoms with Crippen LogP contribution in [0.3, 0.4) is 0 Å². The van der Waals surface area contributed by atoms with Gasteiger partial charge in [-0.05, 0) is 41.5 Å². The predicted molar refractivity (Wildman–Crippen MR) is 61.7 cm³/mol. The maximum Gasteiger partial charge on any atom is 0.123 e. The molecule has 0 amide bonds. The summed E-state index contributed by atoms with van der Waals surface area (Å²) in [5.74, 6) is 0. The van der Waals surface area contributed by atoms with Crippen LogP contribution in [0.5, 0.6) is 0 Å². The maximum atomic E-state index is 4.48. The first-order chi connectivity index (χ1) is 6.36. The van der Waals surface area contributed by atoms with E-state index in [1.165, 1.54) is 38.5 Å². The predicted octanol–water partition coefficient (Wildman–Crippen LogP) is 3.38. The molecule has 3 heteroatoms. The molecule has 2 rings (SSSR count). The van der Waals surface area contributed by atoms with Crippen molar-refractivity contribution in [2.24, 2.45) is 0 Å². The summed E-state index contributed by atoms with van der Waals surface area (Å²) in [7, 11) is 0. The minimum absolute atomic E-state index is 0.672. The third kappa shape index (κ3) is 2.45. The molecule has 0 aromatic carbocycles. The second-order valence-corrected chi connectivity index (χ2v) is 4.87. The Morgan fingerprint density at radius 3 is 2.46 bits per heavy atom. The number of rotatable bonds is 1. The summed E-state index contributed by atoms with van der Waals surface area (Å²) < 4.78 is 3.27. The second kappa shape index (κ2) is 4.44. The Hall–Kier alpha value is -0.0600. The van der Waals surface area contributed by atoms with E-state index in [1.807, 2.05) is 0 Å². The van der Waals surface area contributed by atoms with Gasteiger partial charge in [0.25, 0.3) is 0 Å². The molecule has 0 bridgehead atoms.